The van der Waals surface area contributed by atoms with Gasteiger partial charge in [-0.2, -0.15) is 0 Å². The Bertz CT molecular complexity index is 437. The van der Waals surface area contributed by atoms with E-state index in [2.05, 4.69) is 18.8 Å². The van der Waals surface area contributed by atoms with Crippen molar-refractivity contribution >= 4 is 5.97 Å². The van der Waals surface area contributed by atoms with Crippen molar-refractivity contribution in [2.24, 2.45) is 11.8 Å². The minimum Gasteiger partial charge on any atom is -0.477 e. The van der Waals surface area contributed by atoms with E-state index in [4.69, 9.17) is 9.84 Å². The summed E-state index contributed by atoms with van der Waals surface area (Å²) in [6.07, 6.45) is 3.72. The third kappa shape index (κ3) is 4.03. The molecule has 1 fully saturated rings. The maximum Gasteiger partial charge on any atom is 0.354 e. The zero-order valence-corrected chi connectivity index (χ0v) is 11.5. The summed E-state index contributed by atoms with van der Waals surface area (Å²) in [5.41, 5.74) is 0.761. The molecular weight excluding hydrogens is 242 g/mol. The number of carboxylic acid groups (broad SMARTS) is 1. The molecule has 19 heavy (non-hydrogen) atoms. The van der Waals surface area contributed by atoms with Crippen molar-refractivity contribution in [2.75, 3.05) is 0 Å². The highest BCUT2D eigenvalue weighted by Crippen LogP contribution is 2.30. The fraction of sp³-hybridized carbons (Fsp3) is 0.600. The second kappa shape index (κ2) is 6.15. The van der Waals surface area contributed by atoms with Crippen molar-refractivity contribution in [1.82, 2.24) is 4.98 Å². The van der Waals surface area contributed by atoms with Crippen LogP contribution >= 0.6 is 0 Å². The van der Waals surface area contributed by atoms with Crippen LogP contribution in [0.3, 0.4) is 0 Å². The van der Waals surface area contributed by atoms with Gasteiger partial charge in [0.2, 0.25) is 0 Å². The molecule has 0 saturated heterocycles. The van der Waals surface area contributed by atoms with Gasteiger partial charge in [0.05, 0.1) is 18.4 Å². The average molecular weight is 263 g/mol. The number of aromatic nitrogens is 1. The number of hydrogen-bond donors (Lipinski definition) is 1. The number of carbonyl (C=O) groups is 1. The molecular formula is C15H21NO3. The summed E-state index contributed by atoms with van der Waals surface area (Å²) in [4.78, 5) is 14.9. The number of hydrogen-bond acceptors (Lipinski definition) is 3. The summed E-state index contributed by atoms with van der Waals surface area (Å²) in [5.74, 6) is 0.404. The Hall–Kier alpha value is -1.42. The van der Waals surface area contributed by atoms with E-state index >= 15 is 0 Å². The molecule has 0 aliphatic heterocycles. The summed E-state index contributed by atoms with van der Waals surface area (Å²) < 4.78 is 5.89. The largest absolute Gasteiger partial charge is 0.477 e. The molecule has 104 valence electrons. The lowest BCUT2D eigenvalue weighted by Gasteiger charge is -2.31. The predicted molar refractivity (Wildman–Crippen MR) is 72.0 cm³/mol. The second-order valence-electron chi connectivity index (χ2n) is 5.67. The molecule has 1 aromatic heterocycles. The van der Waals surface area contributed by atoms with Gasteiger partial charge in [0, 0.05) is 0 Å². The number of aromatic carboxylic acids is 1. The number of ether oxygens (including phenoxy) is 1. The lowest BCUT2D eigenvalue weighted by Crippen LogP contribution is -2.26. The maximum atomic E-state index is 10.8. The number of carboxylic acids is 1. The molecule has 1 heterocycles. The molecule has 2 rings (SSSR count). The summed E-state index contributed by atoms with van der Waals surface area (Å²) in [6, 6.07) is 5.01. The first-order valence-electron chi connectivity index (χ1n) is 6.85. The van der Waals surface area contributed by atoms with Crippen molar-refractivity contribution in [3.63, 3.8) is 0 Å². The van der Waals surface area contributed by atoms with E-state index in [0.717, 1.165) is 12.8 Å². The minimum absolute atomic E-state index is 0.0754. The summed E-state index contributed by atoms with van der Waals surface area (Å²) >= 11 is 0. The number of pyridine rings is 1. The Balaban J connectivity index is 1.91. The van der Waals surface area contributed by atoms with Gasteiger partial charge < -0.3 is 9.84 Å². The van der Waals surface area contributed by atoms with Gasteiger partial charge in [0.25, 0.3) is 0 Å². The van der Waals surface area contributed by atoms with Crippen molar-refractivity contribution in [3.8, 4) is 0 Å². The predicted octanol–water partition coefficient (Wildman–Crippen LogP) is 3.12. The summed E-state index contributed by atoms with van der Waals surface area (Å²) in [5, 5.41) is 8.89. The van der Waals surface area contributed by atoms with E-state index in [-0.39, 0.29) is 11.8 Å². The van der Waals surface area contributed by atoms with Crippen molar-refractivity contribution < 1.29 is 14.6 Å². The summed E-state index contributed by atoms with van der Waals surface area (Å²) in [6.45, 7) is 4.91. The Morgan fingerprint density at radius 3 is 2.63 bits per heavy atom. The van der Waals surface area contributed by atoms with Crippen LogP contribution in [0, 0.1) is 11.8 Å². The highest BCUT2D eigenvalue weighted by Gasteiger charge is 2.24. The maximum absolute atomic E-state index is 10.8. The normalized spacial score (nSPS) is 27.2. The first kappa shape index (κ1) is 14.0. The Morgan fingerprint density at radius 2 is 2.00 bits per heavy atom. The third-order valence-corrected chi connectivity index (χ3v) is 3.63. The van der Waals surface area contributed by atoms with E-state index in [0.29, 0.717) is 24.1 Å². The van der Waals surface area contributed by atoms with E-state index < -0.39 is 5.97 Å². The van der Waals surface area contributed by atoms with Crippen LogP contribution < -0.4 is 0 Å². The highest BCUT2D eigenvalue weighted by atomic mass is 16.5. The first-order valence-corrected chi connectivity index (χ1v) is 6.85. The molecule has 0 aromatic carbocycles. The van der Waals surface area contributed by atoms with Crippen LogP contribution in [0.1, 0.15) is 49.3 Å². The van der Waals surface area contributed by atoms with Gasteiger partial charge in [-0.15, -0.1) is 0 Å². The zero-order chi connectivity index (χ0) is 13.8. The topological polar surface area (TPSA) is 59.4 Å². The minimum atomic E-state index is -0.998. The lowest BCUT2D eigenvalue weighted by molar-refractivity contribution is -0.0105. The van der Waals surface area contributed by atoms with Crippen LogP contribution in [0.5, 0.6) is 0 Å². The van der Waals surface area contributed by atoms with Crippen LogP contribution in [-0.2, 0) is 11.3 Å². The average Bonchev–Trinajstić information content (AvgIpc) is 2.35. The van der Waals surface area contributed by atoms with E-state index in [9.17, 15) is 4.79 Å². The molecule has 0 bridgehead atoms. The van der Waals surface area contributed by atoms with Crippen molar-refractivity contribution in [2.45, 2.75) is 45.8 Å². The Labute approximate surface area is 113 Å². The van der Waals surface area contributed by atoms with Gasteiger partial charge in [-0.05, 0) is 43.2 Å². The first-order chi connectivity index (χ1) is 9.04. The van der Waals surface area contributed by atoms with E-state index in [1.165, 1.54) is 12.5 Å². The molecule has 4 heteroatoms. The van der Waals surface area contributed by atoms with E-state index in [1.807, 2.05) is 6.07 Å². The fourth-order valence-electron chi connectivity index (χ4n) is 2.89. The summed E-state index contributed by atoms with van der Waals surface area (Å²) in [7, 11) is 0. The Kier molecular flexibility index (Phi) is 4.53. The standard InChI is InChI=1S/C15H21NO3/c1-10-6-11(2)8-13(7-10)19-9-12-4-3-5-14(16-12)15(17)18/h3-5,10-11,13H,6-9H2,1-2H3,(H,17,18). The molecule has 1 aliphatic carbocycles. The van der Waals surface area contributed by atoms with Gasteiger partial charge in [0.15, 0.2) is 0 Å². The van der Waals surface area contributed by atoms with Crippen LogP contribution in [-0.4, -0.2) is 22.2 Å². The van der Waals surface area contributed by atoms with Gasteiger partial charge >= 0.3 is 5.97 Å². The lowest BCUT2D eigenvalue weighted by atomic mass is 9.82. The highest BCUT2D eigenvalue weighted by molar-refractivity contribution is 5.85. The molecule has 0 radical (unpaired) electrons. The SMILES string of the molecule is CC1CC(C)CC(OCc2cccc(C(=O)O)n2)C1. The van der Waals surface area contributed by atoms with Crippen LogP contribution in [0.25, 0.3) is 0 Å². The van der Waals surface area contributed by atoms with Crippen LogP contribution in [0.15, 0.2) is 18.2 Å². The molecule has 2 unspecified atom stereocenters. The van der Waals surface area contributed by atoms with Crippen molar-refractivity contribution in [1.29, 1.82) is 0 Å². The quantitative estimate of drug-likeness (QED) is 0.906. The molecule has 0 spiro atoms. The molecule has 1 aliphatic rings. The van der Waals surface area contributed by atoms with Crippen LogP contribution in [0.4, 0.5) is 0 Å². The zero-order valence-electron chi connectivity index (χ0n) is 11.5. The molecule has 1 saturated carbocycles. The third-order valence-electron chi connectivity index (χ3n) is 3.63. The van der Waals surface area contributed by atoms with Gasteiger partial charge in [-0.3, -0.25) is 0 Å². The monoisotopic (exact) mass is 263 g/mol. The van der Waals surface area contributed by atoms with Crippen molar-refractivity contribution in [3.05, 3.63) is 29.6 Å². The number of nitrogens with zero attached hydrogens (tertiary/aromatic N) is 1. The molecule has 1 N–H and O–H groups in total. The van der Waals surface area contributed by atoms with E-state index in [1.54, 1.807) is 6.07 Å². The molecule has 2 atom stereocenters. The second-order valence-corrected chi connectivity index (χ2v) is 5.67. The molecule has 1 aromatic rings. The molecule has 4 nitrogen and oxygen atoms in total. The van der Waals surface area contributed by atoms with Gasteiger partial charge in [-0.1, -0.05) is 19.9 Å². The fourth-order valence-corrected chi connectivity index (χ4v) is 2.89. The molecule has 0 amide bonds. The van der Waals surface area contributed by atoms with Crippen LogP contribution in [0.2, 0.25) is 0 Å². The van der Waals surface area contributed by atoms with Gasteiger partial charge in [0.1, 0.15) is 5.69 Å². The number of rotatable bonds is 4. The smallest absolute Gasteiger partial charge is 0.354 e. The van der Waals surface area contributed by atoms with Gasteiger partial charge in [-0.25, -0.2) is 9.78 Å². The Morgan fingerprint density at radius 1 is 1.32 bits per heavy atom.